The van der Waals surface area contributed by atoms with Gasteiger partial charge in [0, 0.05) is 13.5 Å². The fourth-order valence-electron chi connectivity index (χ4n) is 1.46. The summed E-state index contributed by atoms with van der Waals surface area (Å²) in [5.74, 6) is 0. The molecular formula is C10H17IO3. The molecule has 14 heavy (non-hydrogen) atoms. The van der Waals surface area contributed by atoms with Gasteiger partial charge in [-0.15, -0.1) is 0 Å². The predicted molar refractivity (Wildman–Crippen MR) is 63.6 cm³/mol. The first-order valence-corrected chi connectivity index (χ1v) is 5.90. The largest absolute Gasteiger partial charge is 0.393 e. The second-order valence-electron chi connectivity index (χ2n) is 3.89. The molecule has 0 spiro atoms. The molecule has 0 aromatic rings. The lowest BCUT2D eigenvalue weighted by Crippen LogP contribution is -2.21. The van der Waals surface area contributed by atoms with E-state index < -0.39 is 0 Å². The number of ether oxygens (including phenoxy) is 2. The van der Waals surface area contributed by atoms with Crippen LogP contribution in [0.5, 0.6) is 0 Å². The average molecular weight is 312 g/mol. The van der Waals surface area contributed by atoms with Crippen LogP contribution in [0.25, 0.3) is 0 Å². The summed E-state index contributed by atoms with van der Waals surface area (Å²) in [6, 6.07) is 0. The van der Waals surface area contributed by atoms with Gasteiger partial charge in [0.1, 0.15) is 5.60 Å². The molecule has 1 rings (SSSR count). The van der Waals surface area contributed by atoms with E-state index in [4.69, 9.17) is 14.6 Å². The van der Waals surface area contributed by atoms with Crippen LogP contribution < -0.4 is 0 Å². The van der Waals surface area contributed by atoms with E-state index >= 15 is 0 Å². The first-order chi connectivity index (χ1) is 6.57. The summed E-state index contributed by atoms with van der Waals surface area (Å²) < 4.78 is 12.8. The molecule has 3 nitrogen and oxygen atoms in total. The molecule has 0 aliphatic carbocycles. The van der Waals surface area contributed by atoms with E-state index in [1.807, 2.05) is 17.9 Å². The molecule has 1 saturated heterocycles. The molecule has 82 valence electrons. The first kappa shape index (κ1) is 12.4. The minimum atomic E-state index is -0.331. The van der Waals surface area contributed by atoms with E-state index in [0.29, 0.717) is 0 Å². The quantitative estimate of drug-likeness (QED) is 0.622. The molecule has 0 amide bonds. The summed E-state index contributed by atoms with van der Waals surface area (Å²) in [6.07, 6.45) is 1.05. The maximum absolute atomic E-state index is 9.04. The maximum atomic E-state index is 9.04. The SMILES string of the molecule is CO[C@H](C[C@@H]1O[C@@]1(C)CO)/C(C)=C/I. The summed E-state index contributed by atoms with van der Waals surface area (Å²) in [4.78, 5) is 0. The van der Waals surface area contributed by atoms with Gasteiger partial charge in [-0.2, -0.15) is 0 Å². The summed E-state index contributed by atoms with van der Waals surface area (Å²) in [5, 5.41) is 9.04. The van der Waals surface area contributed by atoms with Gasteiger partial charge in [-0.3, -0.25) is 0 Å². The number of rotatable bonds is 5. The van der Waals surface area contributed by atoms with E-state index in [0.717, 1.165) is 6.42 Å². The third-order valence-electron chi connectivity index (χ3n) is 2.74. The molecule has 0 saturated carbocycles. The Labute approximate surface area is 98.6 Å². The first-order valence-electron chi connectivity index (χ1n) is 4.65. The Bertz CT molecular complexity index is 229. The van der Waals surface area contributed by atoms with Gasteiger partial charge >= 0.3 is 0 Å². The molecule has 1 heterocycles. The smallest absolute Gasteiger partial charge is 0.115 e. The Balaban J connectivity index is 2.44. The third-order valence-corrected chi connectivity index (χ3v) is 3.72. The van der Waals surface area contributed by atoms with Crippen LogP contribution in [0.15, 0.2) is 9.66 Å². The number of hydrogen-bond acceptors (Lipinski definition) is 3. The van der Waals surface area contributed by atoms with Crippen LogP contribution in [0, 0.1) is 0 Å². The highest BCUT2D eigenvalue weighted by Crippen LogP contribution is 2.39. The van der Waals surface area contributed by atoms with Crippen molar-refractivity contribution in [1.82, 2.24) is 0 Å². The van der Waals surface area contributed by atoms with E-state index in [1.54, 1.807) is 7.11 Å². The summed E-state index contributed by atoms with van der Waals surface area (Å²) in [5.41, 5.74) is 0.867. The molecule has 0 aromatic carbocycles. The minimum absolute atomic E-state index is 0.0844. The number of halogens is 1. The molecule has 0 bridgehead atoms. The minimum Gasteiger partial charge on any atom is -0.393 e. The van der Waals surface area contributed by atoms with E-state index in [1.165, 1.54) is 5.57 Å². The zero-order valence-electron chi connectivity index (χ0n) is 8.79. The molecule has 1 fully saturated rings. The van der Waals surface area contributed by atoms with Crippen molar-refractivity contribution in [3.63, 3.8) is 0 Å². The van der Waals surface area contributed by atoms with E-state index in [9.17, 15) is 0 Å². The number of aliphatic hydroxyl groups is 1. The molecular weight excluding hydrogens is 295 g/mol. The molecule has 0 unspecified atom stereocenters. The second-order valence-corrected chi connectivity index (χ2v) is 4.51. The molecule has 1 aliphatic rings. The fourth-order valence-corrected chi connectivity index (χ4v) is 1.86. The van der Waals surface area contributed by atoms with Gasteiger partial charge in [-0.05, 0) is 23.5 Å². The Hall–Kier alpha value is 0.350. The maximum Gasteiger partial charge on any atom is 0.115 e. The Morgan fingerprint density at radius 3 is 2.79 bits per heavy atom. The normalized spacial score (nSPS) is 34.4. The molecule has 3 atom stereocenters. The molecule has 0 radical (unpaired) electrons. The highest BCUT2D eigenvalue weighted by molar-refractivity contribution is 14.1. The van der Waals surface area contributed by atoms with Crippen molar-refractivity contribution in [1.29, 1.82) is 0 Å². The van der Waals surface area contributed by atoms with Crippen molar-refractivity contribution in [3.8, 4) is 0 Å². The van der Waals surface area contributed by atoms with Crippen molar-refractivity contribution in [2.45, 2.75) is 38.1 Å². The fraction of sp³-hybridized carbons (Fsp3) is 0.800. The van der Waals surface area contributed by atoms with Gasteiger partial charge in [0.25, 0.3) is 0 Å². The van der Waals surface area contributed by atoms with Crippen LogP contribution in [0.2, 0.25) is 0 Å². The van der Waals surface area contributed by atoms with Gasteiger partial charge in [-0.1, -0.05) is 22.6 Å². The van der Waals surface area contributed by atoms with Gasteiger partial charge in [0.15, 0.2) is 0 Å². The van der Waals surface area contributed by atoms with E-state index in [-0.39, 0.29) is 24.4 Å². The predicted octanol–water partition coefficient (Wildman–Crippen LogP) is 1.88. The second kappa shape index (κ2) is 4.92. The molecule has 1 aliphatic heterocycles. The van der Waals surface area contributed by atoms with Crippen LogP contribution in [-0.2, 0) is 9.47 Å². The average Bonchev–Trinajstić information content (AvgIpc) is 2.85. The van der Waals surface area contributed by atoms with Crippen LogP contribution in [0.4, 0.5) is 0 Å². The van der Waals surface area contributed by atoms with Gasteiger partial charge in [0.2, 0.25) is 0 Å². The summed E-state index contributed by atoms with van der Waals surface area (Å²) in [7, 11) is 1.70. The van der Waals surface area contributed by atoms with Crippen molar-refractivity contribution in [2.24, 2.45) is 0 Å². The lowest BCUT2D eigenvalue weighted by atomic mass is 10.0. The summed E-state index contributed by atoms with van der Waals surface area (Å²) in [6.45, 7) is 4.05. The Morgan fingerprint density at radius 1 is 1.79 bits per heavy atom. The number of epoxide rings is 1. The highest BCUT2D eigenvalue weighted by Gasteiger charge is 2.52. The molecule has 1 N–H and O–H groups in total. The van der Waals surface area contributed by atoms with Gasteiger partial charge in [0.05, 0.1) is 18.8 Å². The number of hydrogen-bond donors (Lipinski definition) is 1. The lowest BCUT2D eigenvalue weighted by Gasteiger charge is -2.14. The van der Waals surface area contributed by atoms with Crippen molar-refractivity contribution < 1.29 is 14.6 Å². The van der Waals surface area contributed by atoms with E-state index in [2.05, 4.69) is 22.6 Å². The van der Waals surface area contributed by atoms with Crippen molar-refractivity contribution in [3.05, 3.63) is 9.66 Å². The third kappa shape index (κ3) is 2.68. The highest BCUT2D eigenvalue weighted by atomic mass is 127. The topological polar surface area (TPSA) is 42.0 Å². The van der Waals surface area contributed by atoms with Crippen LogP contribution >= 0.6 is 22.6 Å². The standard InChI is InChI=1S/C10H17IO3/c1-7(5-11)8(13-3)4-9-10(2,6-12)14-9/h5,8-9,12H,4,6H2,1-3H3/b7-5+/t8-,9+,10+/m1/s1. The van der Waals surface area contributed by atoms with Gasteiger partial charge < -0.3 is 14.6 Å². The Kier molecular flexibility index (Phi) is 4.36. The van der Waals surface area contributed by atoms with Crippen molar-refractivity contribution >= 4 is 22.6 Å². The number of methoxy groups -OCH3 is 1. The Morgan fingerprint density at radius 2 is 2.43 bits per heavy atom. The lowest BCUT2D eigenvalue weighted by molar-refractivity contribution is 0.116. The van der Waals surface area contributed by atoms with Crippen LogP contribution in [0.1, 0.15) is 20.3 Å². The molecule has 4 heteroatoms. The monoisotopic (exact) mass is 312 g/mol. The van der Waals surface area contributed by atoms with Crippen LogP contribution in [-0.4, -0.2) is 36.6 Å². The number of aliphatic hydroxyl groups excluding tert-OH is 1. The zero-order chi connectivity index (χ0) is 10.8. The van der Waals surface area contributed by atoms with Crippen LogP contribution in [0.3, 0.4) is 0 Å². The van der Waals surface area contributed by atoms with Gasteiger partial charge in [-0.25, -0.2) is 0 Å². The zero-order valence-corrected chi connectivity index (χ0v) is 10.9. The molecule has 0 aromatic heterocycles. The van der Waals surface area contributed by atoms with Crippen molar-refractivity contribution in [2.75, 3.05) is 13.7 Å². The summed E-state index contributed by atoms with van der Waals surface area (Å²) >= 11 is 2.21.